The van der Waals surface area contributed by atoms with E-state index in [4.69, 9.17) is 22.1 Å². The van der Waals surface area contributed by atoms with Crippen molar-refractivity contribution in [2.45, 2.75) is 26.9 Å². The summed E-state index contributed by atoms with van der Waals surface area (Å²) < 4.78 is 5.68. The van der Waals surface area contributed by atoms with Gasteiger partial charge in [-0.15, -0.1) is 0 Å². The predicted octanol–water partition coefficient (Wildman–Crippen LogP) is 3.46. The predicted molar refractivity (Wildman–Crippen MR) is 94.6 cm³/mol. The van der Waals surface area contributed by atoms with Gasteiger partial charge < -0.3 is 15.8 Å². The molecule has 0 saturated heterocycles. The number of halogens is 1. The number of hydrogen-bond donors (Lipinski definition) is 2. The highest BCUT2D eigenvalue weighted by molar-refractivity contribution is 6.32. The van der Waals surface area contributed by atoms with Crippen LogP contribution in [0.2, 0.25) is 5.02 Å². The smallest absolute Gasteiger partial charge is 0.265 e. The van der Waals surface area contributed by atoms with E-state index < -0.39 is 12.0 Å². The minimum absolute atomic E-state index is 0.247. The minimum Gasteiger partial charge on any atom is -0.481 e. The van der Waals surface area contributed by atoms with Crippen molar-refractivity contribution in [2.24, 2.45) is 5.73 Å². The van der Waals surface area contributed by atoms with Gasteiger partial charge in [-0.25, -0.2) is 0 Å². The van der Waals surface area contributed by atoms with Crippen molar-refractivity contribution in [3.05, 3.63) is 58.1 Å². The maximum atomic E-state index is 12.3. The van der Waals surface area contributed by atoms with E-state index in [9.17, 15) is 9.59 Å². The monoisotopic (exact) mass is 346 g/mol. The number of para-hydroxylation sites is 1. The lowest BCUT2D eigenvalue weighted by molar-refractivity contribution is -0.122. The summed E-state index contributed by atoms with van der Waals surface area (Å²) in [6.45, 7) is 5.37. The molecule has 0 aliphatic rings. The summed E-state index contributed by atoms with van der Waals surface area (Å²) in [6, 6.07) is 10.1. The second kappa shape index (κ2) is 7.36. The van der Waals surface area contributed by atoms with E-state index in [1.54, 1.807) is 43.3 Å². The molecule has 6 heteroatoms. The van der Waals surface area contributed by atoms with Crippen molar-refractivity contribution in [1.29, 1.82) is 0 Å². The average Bonchev–Trinajstić information content (AvgIpc) is 2.52. The second-order valence-corrected chi connectivity index (χ2v) is 5.91. The number of nitrogens with one attached hydrogen (secondary N) is 1. The van der Waals surface area contributed by atoms with Crippen molar-refractivity contribution in [3.8, 4) is 5.75 Å². The maximum absolute atomic E-state index is 12.3. The molecule has 0 heterocycles. The van der Waals surface area contributed by atoms with E-state index in [1.165, 1.54) is 0 Å². The first kappa shape index (κ1) is 17.8. The topological polar surface area (TPSA) is 81.4 Å². The van der Waals surface area contributed by atoms with Crippen LogP contribution in [0.15, 0.2) is 36.4 Å². The second-order valence-electron chi connectivity index (χ2n) is 5.53. The van der Waals surface area contributed by atoms with E-state index in [0.29, 0.717) is 16.5 Å². The van der Waals surface area contributed by atoms with Gasteiger partial charge in [-0.3, -0.25) is 9.59 Å². The number of carbonyl (C=O) groups is 2. The van der Waals surface area contributed by atoms with Crippen molar-refractivity contribution in [2.75, 3.05) is 5.32 Å². The van der Waals surface area contributed by atoms with Crippen LogP contribution < -0.4 is 15.8 Å². The van der Waals surface area contributed by atoms with Crippen LogP contribution in [0.5, 0.6) is 5.75 Å². The molecule has 0 spiro atoms. The summed E-state index contributed by atoms with van der Waals surface area (Å²) in [5.74, 6) is -0.433. The van der Waals surface area contributed by atoms with Crippen LogP contribution in [0.3, 0.4) is 0 Å². The molecular weight excluding hydrogens is 328 g/mol. The molecule has 2 aromatic rings. The lowest BCUT2D eigenvalue weighted by Gasteiger charge is -2.17. The fraction of sp³-hybridized carbons (Fsp3) is 0.222. The Labute approximate surface area is 145 Å². The molecule has 0 aliphatic heterocycles. The first-order valence-corrected chi connectivity index (χ1v) is 7.80. The Balaban J connectivity index is 2.12. The van der Waals surface area contributed by atoms with Crippen LogP contribution >= 0.6 is 11.6 Å². The number of primary amides is 1. The molecule has 3 N–H and O–H groups in total. The first-order chi connectivity index (χ1) is 11.3. The molecule has 0 radical (unpaired) electrons. The number of nitrogens with two attached hydrogens (primary N) is 1. The van der Waals surface area contributed by atoms with Crippen LogP contribution in [0.4, 0.5) is 5.69 Å². The Morgan fingerprint density at radius 2 is 1.75 bits per heavy atom. The van der Waals surface area contributed by atoms with E-state index in [-0.39, 0.29) is 11.5 Å². The molecule has 5 nitrogen and oxygen atoms in total. The normalized spacial score (nSPS) is 11.7. The summed E-state index contributed by atoms with van der Waals surface area (Å²) in [4.78, 5) is 23.7. The zero-order chi connectivity index (χ0) is 17.9. The number of rotatable bonds is 5. The number of anilines is 1. The maximum Gasteiger partial charge on any atom is 0.265 e. The van der Waals surface area contributed by atoms with E-state index in [0.717, 1.165) is 11.1 Å². The Morgan fingerprint density at radius 3 is 2.33 bits per heavy atom. The van der Waals surface area contributed by atoms with Gasteiger partial charge in [-0.2, -0.15) is 0 Å². The number of hydrogen-bond acceptors (Lipinski definition) is 3. The average molecular weight is 347 g/mol. The summed E-state index contributed by atoms with van der Waals surface area (Å²) in [5.41, 5.74) is 7.65. The zero-order valence-electron chi connectivity index (χ0n) is 13.7. The SMILES string of the molecule is Cc1cc(OC(C)C(=O)Nc2ccccc2C(N)=O)cc(C)c1Cl. The largest absolute Gasteiger partial charge is 0.481 e. The minimum atomic E-state index is -0.758. The van der Waals surface area contributed by atoms with Crippen LogP contribution in [-0.4, -0.2) is 17.9 Å². The molecular formula is C18H19ClN2O3. The van der Waals surface area contributed by atoms with Crippen molar-refractivity contribution in [1.82, 2.24) is 0 Å². The zero-order valence-corrected chi connectivity index (χ0v) is 14.5. The Bertz CT molecular complexity index is 767. The van der Waals surface area contributed by atoms with Gasteiger partial charge in [0.15, 0.2) is 6.10 Å². The fourth-order valence-electron chi connectivity index (χ4n) is 2.27. The lowest BCUT2D eigenvalue weighted by Crippen LogP contribution is -2.31. The molecule has 0 aromatic heterocycles. The van der Waals surface area contributed by atoms with Crippen LogP contribution in [0.25, 0.3) is 0 Å². The lowest BCUT2D eigenvalue weighted by atomic mass is 10.1. The molecule has 1 atom stereocenters. The van der Waals surface area contributed by atoms with Gasteiger partial charge in [0, 0.05) is 5.02 Å². The third-order valence-electron chi connectivity index (χ3n) is 3.54. The molecule has 2 rings (SSSR count). The number of amides is 2. The van der Waals surface area contributed by atoms with Crippen LogP contribution in [-0.2, 0) is 4.79 Å². The highest BCUT2D eigenvalue weighted by atomic mass is 35.5. The molecule has 2 aromatic carbocycles. The van der Waals surface area contributed by atoms with Gasteiger partial charge >= 0.3 is 0 Å². The third-order valence-corrected chi connectivity index (χ3v) is 4.14. The summed E-state index contributed by atoms with van der Waals surface area (Å²) >= 11 is 6.12. The fourth-order valence-corrected chi connectivity index (χ4v) is 2.38. The van der Waals surface area contributed by atoms with Gasteiger partial charge in [0.05, 0.1) is 11.3 Å². The third kappa shape index (κ3) is 4.06. The summed E-state index contributed by atoms with van der Waals surface area (Å²) in [7, 11) is 0. The summed E-state index contributed by atoms with van der Waals surface area (Å²) in [5, 5.41) is 3.34. The molecule has 2 amide bonds. The number of benzene rings is 2. The van der Waals surface area contributed by atoms with Gasteiger partial charge in [0.2, 0.25) is 0 Å². The van der Waals surface area contributed by atoms with Crippen LogP contribution in [0.1, 0.15) is 28.4 Å². The molecule has 0 saturated carbocycles. The number of carbonyl (C=O) groups excluding carboxylic acids is 2. The van der Waals surface area contributed by atoms with Gasteiger partial charge in [-0.1, -0.05) is 23.7 Å². The molecule has 126 valence electrons. The Morgan fingerprint density at radius 1 is 1.17 bits per heavy atom. The molecule has 1 unspecified atom stereocenters. The van der Waals surface area contributed by atoms with Crippen LogP contribution in [0, 0.1) is 13.8 Å². The van der Waals surface area contributed by atoms with Crippen molar-refractivity contribution < 1.29 is 14.3 Å². The van der Waals surface area contributed by atoms with E-state index in [2.05, 4.69) is 5.32 Å². The highest BCUT2D eigenvalue weighted by Crippen LogP contribution is 2.26. The molecule has 0 bridgehead atoms. The van der Waals surface area contributed by atoms with E-state index in [1.807, 2.05) is 13.8 Å². The van der Waals surface area contributed by atoms with Crippen molar-refractivity contribution in [3.63, 3.8) is 0 Å². The first-order valence-electron chi connectivity index (χ1n) is 7.42. The Hall–Kier alpha value is -2.53. The van der Waals surface area contributed by atoms with Gasteiger partial charge in [0.1, 0.15) is 5.75 Å². The molecule has 24 heavy (non-hydrogen) atoms. The van der Waals surface area contributed by atoms with Crippen molar-refractivity contribution >= 4 is 29.1 Å². The quantitative estimate of drug-likeness (QED) is 0.869. The highest BCUT2D eigenvalue weighted by Gasteiger charge is 2.18. The molecule has 0 fully saturated rings. The number of ether oxygens (including phenoxy) is 1. The Kier molecular flexibility index (Phi) is 5.46. The number of aryl methyl sites for hydroxylation is 2. The van der Waals surface area contributed by atoms with Gasteiger partial charge in [-0.05, 0) is 56.2 Å². The van der Waals surface area contributed by atoms with E-state index >= 15 is 0 Å². The standard InChI is InChI=1S/C18H19ClN2O3/c1-10-8-13(9-11(2)16(10)19)24-12(3)18(23)21-15-7-5-4-6-14(15)17(20)22/h4-9,12H,1-3H3,(H2,20,22)(H,21,23). The van der Waals surface area contributed by atoms with Gasteiger partial charge in [0.25, 0.3) is 11.8 Å². The summed E-state index contributed by atoms with van der Waals surface area (Å²) in [6.07, 6.45) is -0.758. The molecule has 0 aliphatic carbocycles.